The standard InChI is InChI=1S/C23H27N5O/c1-17-5-7-18(8-6-17)26-12-14-27(15-13-26)19-9-10-21-20(16-19)23(29)28(25-21)22-4-2-3-11-24-22/h2-8,11,19,29H,9-10,12-16H2,1H3. The third-order valence-electron chi connectivity index (χ3n) is 6.29. The number of aromatic hydroxyl groups is 1. The van der Waals surface area contributed by atoms with Crippen LogP contribution >= 0.6 is 0 Å². The van der Waals surface area contributed by atoms with Crippen LogP contribution < -0.4 is 4.90 Å². The number of aromatic nitrogens is 3. The number of pyridine rings is 1. The molecule has 0 saturated carbocycles. The van der Waals surface area contributed by atoms with Crippen LogP contribution in [-0.4, -0.2) is 57.0 Å². The summed E-state index contributed by atoms with van der Waals surface area (Å²) in [5, 5.41) is 15.4. The molecule has 1 fully saturated rings. The van der Waals surface area contributed by atoms with Crippen molar-refractivity contribution in [2.75, 3.05) is 31.1 Å². The smallest absolute Gasteiger partial charge is 0.219 e. The molecule has 1 atom stereocenters. The SMILES string of the molecule is Cc1ccc(N2CCN(C3CCc4nn(-c5ccccn5)c(O)c4C3)CC2)cc1. The fourth-order valence-electron chi connectivity index (χ4n) is 4.59. The first-order valence-corrected chi connectivity index (χ1v) is 10.5. The molecule has 1 N–H and O–H groups in total. The van der Waals surface area contributed by atoms with Gasteiger partial charge in [0.25, 0.3) is 0 Å². The molecule has 6 heteroatoms. The Balaban J connectivity index is 1.27. The summed E-state index contributed by atoms with van der Waals surface area (Å²) >= 11 is 0. The van der Waals surface area contributed by atoms with E-state index in [2.05, 4.69) is 51.1 Å². The quantitative estimate of drug-likeness (QED) is 0.746. The van der Waals surface area contributed by atoms with Crippen molar-refractivity contribution >= 4 is 5.69 Å². The van der Waals surface area contributed by atoms with Gasteiger partial charge in [-0.15, -0.1) is 0 Å². The second-order valence-corrected chi connectivity index (χ2v) is 8.10. The minimum Gasteiger partial charge on any atom is -0.493 e. The van der Waals surface area contributed by atoms with Gasteiger partial charge in [-0.25, -0.2) is 4.98 Å². The van der Waals surface area contributed by atoms with Crippen LogP contribution in [0.25, 0.3) is 5.82 Å². The molecule has 0 amide bonds. The van der Waals surface area contributed by atoms with Gasteiger partial charge in [0.2, 0.25) is 5.88 Å². The van der Waals surface area contributed by atoms with E-state index in [1.54, 1.807) is 10.9 Å². The van der Waals surface area contributed by atoms with Crippen molar-refractivity contribution in [3.05, 3.63) is 65.5 Å². The van der Waals surface area contributed by atoms with E-state index in [1.165, 1.54) is 11.3 Å². The molecule has 0 radical (unpaired) electrons. The maximum atomic E-state index is 10.8. The lowest BCUT2D eigenvalue weighted by atomic mass is 9.91. The van der Waals surface area contributed by atoms with Crippen LogP contribution in [-0.2, 0) is 12.8 Å². The summed E-state index contributed by atoms with van der Waals surface area (Å²) in [6.45, 7) is 6.34. The monoisotopic (exact) mass is 389 g/mol. The molecule has 2 aliphatic rings. The highest BCUT2D eigenvalue weighted by atomic mass is 16.3. The van der Waals surface area contributed by atoms with Crippen molar-refractivity contribution in [3.63, 3.8) is 0 Å². The van der Waals surface area contributed by atoms with Gasteiger partial charge >= 0.3 is 0 Å². The Kier molecular flexibility index (Phi) is 4.72. The number of aryl methyl sites for hydroxylation is 2. The fourth-order valence-corrected chi connectivity index (χ4v) is 4.59. The summed E-state index contributed by atoms with van der Waals surface area (Å²) in [6.07, 6.45) is 4.59. The number of anilines is 1. The van der Waals surface area contributed by atoms with Crippen molar-refractivity contribution in [2.24, 2.45) is 0 Å². The van der Waals surface area contributed by atoms with E-state index in [0.717, 1.165) is 56.7 Å². The zero-order chi connectivity index (χ0) is 19.8. The van der Waals surface area contributed by atoms with Gasteiger partial charge in [-0.2, -0.15) is 9.78 Å². The van der Waals surface area contributed by atoms with Crippen LogP contribution in [0.1, 0.15) is 23.2 Å². The van der Waals surface area contributed by atoms with Gasteiger partial charge in [-0.1, -0.05) is 23.8 Å². The molecule has 29 heavy (non-hydrogen) atoms. The zero-order valence-electron chi connectivity index (χ0n) is 16.8. The highest BCUT2D eigenvalue weighted by Gasteiger charge is 2.31. The molecule has 1 aliphatic carbocycles. The highest BCUT2D eigenvalue weighted by molar-refractivity contribution is 5.48. The van der Waals surface area contributed by atoms with Crippen LogP contribution in [0.5, 0.6) is 5.88 Å². The largest absolute Gasteiger partial charge is 0.493 e. The second-order valence-electron chi connectivity index (χ2n) is 8.10. The summed E-state index contributed by atoms with van der Waals surface area (Å²) in [5.74, 6) is 0.921. The van der Waals surface area contributed by atoms with E-state index < -0.39 is 0 Å². The van der Waals surface area contributed by atoms with E-state index in [9.17, 15) is 5.11 Å². The maximum Gasteiger partial charge on any atom is 0.219 e. The molecule has 150 valence electrons. The highest BCUT2D eigenvalue weighted by Crippen LogP contribution is 2.32. The van der Waals surface area contributed by atoms with Crippen molar-refractivity contribution in [2.45, 2.75) is 32.2 Å². The van der Waals surface area contributed by atoms with E-state index in [1.807, 2.05) is 18.2 Å². The second kappa shape index (κ2) is 7.52. The molecule has 1 aliphatic heterocycles. The molecule has 1 saturated heterocycles. The fraction of sp³-hybridized carbons (Fsp3) is 0.391. The predicted octanol–water partition coefficient (Wildman–Crippen LogP) is 2.96. The first-order valence-electron chi connectivity index (χ1n) is 10.5. The van der Waals surface area contributed by atoms with Crippen LogP contribution in [0.2, 0.25) is 0 Å². The van der Waals surface area contributed by atoms with Gasteiger partial charge in [-0.05, 0) is 50.5 Å². The average Bonchev–Trinajstić information content (AvgIpc) is 3.11. The van der Waals surface area contributed by atoms with Gasteiger partial charge in [0.1, 0.15) is 0 Å². The first-order chi connectivity index (χ1) is 14.2. The van der Waals surface area contributed by atoms with Gasteiger partial charge in [0.15, 0.2) is 5.82 Å². The molecule has 0 spiro atoms. The van der Waals surface area contributed by atoms with Crippen LogP contribution in [0, 0.1) is 6.92 Å². The number of hydrogen-bond donors (Lipinski definition) is 1. The molecule has 0 bridgehead atoms. The third kappa shape index (κ3) is 3.49. The predicted molar refractivity (Wildman–Crippen MR) is 114 cm³/mol. The van der Waals surface area contributed by atoms with Gasteiger partial charge < -0.3 is 10.0 Å². The van der Waals surface area contributed by atoms with Crippen molar-refractivity contribution < 1.29 is 5.11 Å². The lowest BCUT2D eigenvalue weighted by Gasteiger charge is -2.41. The van der Waals surface area contributed by atoms with Gasteiger partial charge in [0.05, 0.1) is 5.69 Å². The Bertz CT molecular complexity index is 975. The maximum absolute atomic E-state index is 10.8. The Morgan fingerprint density at radius 2 is 1.79 bits per heavy atom. The molecule has 5 rings (SSSR count). The van der Waals surface area contributed by atoms with Gasteiger partial charge in [0, 0.05) is 49.7 Å². The van der Waals surface area contributed by atoms with Crippen LogP contribution in [0.4, 0.5) is 5.69 Å². The van der Waals surface area contributed by atoms with Crippen molar-refractivity contribution in [1.29, 1.82) is 0 Å². The van der Waals surface area contributed by atoms with E-state index in [4.69, 9.17) is 0 Å². The summed E-state index contributed by atoms with van der Waals surface area (Å²) in [7, 11) is 0. The normalized spacial score (nSPS) is 19.9. The number of hydrogen-bond acceptors (Lipinski definition) is 5. The number of piperazine rings is 1. The lowest BCUT2D eigenvalue weighted by Crippen LogP contribution is -2.51. The molecule has 6 nitrogen and oxygen atoms in total. The Labute approximate surface area is 171 Å². The Morgan fingerprint density at radius 3 is 2.52 bits per heavy atom. The van der Waals surface area contributed by atoms with Crippen LogP contribution in [0.3, 0.4) is 0 Å². The average molecular weight is 390 g/mol. The van der Waals surface area contributed by atoms with E-state index in [-0.39, 0.29) is 5.88 Å². The minimum absolute atomic E-state index is 0.252. The number of benzene rings is 1. The zero-order valence-corrected chi connectivity index (χ0v) is 16.8. The number of nitrogens with zero attached hydrogens (tertiary/aromatic N) is 5. The van der Waals surface area contributed by atoms with Gasteiger partial charge in [-0.3, -0.25) is 4.90 Å². The molecular weight excluding hydrogens is 362 g/mol. The number of rotatable bonds is 3. The first kappa shape index (κ1) is 18.2. The third-order valence-corrected chi connectivity index (χ3v) is 6.29. The Hall–Kier alpha value is -2.86. The minimum atomic E-state index is 0.252. The van der Waals surface area contributed by atoms with Crippen molar-refractivity contribution in [3.8, 4) is 11.7 Å². The topological polar surface area (TPSA) is 57.4 Å². The summed E-state index contributed by atoms with van der Waals surface area (Å²) < 4.78 is 1.59. The van der Waals surface area contributed by atoms with E-state index in [0.29, 0.717) is 11.9 Å². The van der Waals surface area contributed by atoms with Crippen LogP contribution in [0.15, 0.2) is 48.7 Å². The summed E-state index contributed by atoms with van der Waals surface area (Å²) in [5.41, 5.74) is 4.63. The Morgan fingerprint density at radius 1 is 1.00 bits per heavy atom. The summed E-state index contributed by atoms with van der Waals surface area (Å²) in [6, 6.07) is 15.0. The summed E-state index contributed by atoms with van der Waals surface area (Å²) in [4.78, 5) is 9.39. The molecule has 3 aromatic rings. The van der Waals surface area contributed by atoms with Crippen molar-refractivity contribution in [1.82, 2.24) is 19.7 Å². The molecule has 1 unspecified atom stereocenters. The molecule has 1 aromatic carbocycles. The molecule has 3 heterocycles. The molecule has 2 aromatic heterocycles. The van der Waals surface area contributed by atoms with E-state index >= 15 is 0 Å². The number of fused-ring (bicyclic) bond motifs is 1. The molecular formula is C23H27N5O. The lowest BCUT2D eigenvalue weighted by molar-refractivity contribution is 0.169.